The molecule has 6 nitrogen and oxygen atoms in total. The Hall–Kier alpha value is -4.15. The van der Waals surface area contributed by atoms with Gasteiger partial charge in [0.05, 0.1) is 11.6 Å². The molecule has 2 aromatic carbocycles. The van der Waals surface area contributed by atoms with Crippen LogP contribution in [-0.2, 0) is 26.5 Å². The predicted octanol–water partition coefficient (Wildman–Crippen LogP) is 6.11. The van der Waals surface area contributed by atoms with E-state index in [1.807, 2.05) is 57.9 Å². The van der Waals surface area contributed by atoms with Gasteiger partial charge >= 0.3 is 21.1 Å². The van der Waals surface area contributed by atoms with Crippen molar-refractivity contribution in [3.63, 3.8) is 0 Å². The van der Waals surface area contributed by atoms with E-state index in [-0.39, 0.29) is 21.1 Å². The molecule has 0 radical (unpaired) electrons. The van der Waals surface area contributed by atoms with Crippen molar-refractivity contribution in [1.29, 1.82) is 0 Å². The molecule has 0 unspecified atom stereocenters. The topological polar surface area (TPSA) is 61.4 Å². The molecule has 0 saturated carbocycles. The standard InChI is InChI=1S/C31H24N6.Pt/c1-31(2,27-15-13-25(23-9-5-3-6-10-23)29(34-27)36-19-17-32-21-36)28-16-14-26(24-11-7-4-8-12-24)30(35-28)37-20-18-33-22-37;/h3-20H,1-2H3;/q-2;+2. The summed E-state index contributed by atoms with van der Waals surface area (Å²) in [6, 6.07) is 28.9. The SMILES string of the molecule is CC(C)(c1ccc(-c2ccccc2)c(-n2[c-]ncc2)n1)c1ccc(-c2ccccc2)c(-n2[c-]ncc2)n1.[Pt+2]. The van der Waals surface area contributed by atoms with Gasteiger partial charge in [-0.05, 0) is 48.2 Å². The minimum atomic E-state index is -0.491. The fourth-order valence-corrected chi connectivity index (χ4v) is 4.47. The molecule has 0 bridgehead atoms. The number of hydrogen-bond acceptors (Lipinski definition) is 4. The molecule has 0 atom stereocenters. The van der Waals surface area contributed by atoms with Crippen molar-refractivity contribution in [2.75, 3.05) is 0 Å². The van der Waals surface area contributed by atoms with Crippen molar-refractivity contribution in [2.45, 2.75) is 19.3 Å². The van der Waals surface area contributed by atoms with Crippen LogP contribution in [0.1, 0.15) is 25.2 Å². The van der Waals surface area contributed by atoms with E-state index >= 15 is 0 Å². The molecule has 0 N–H and O–H groups in total. The first-order valence-corrected chi connectivity index (χ1v) is 12.1. The van der Waals surface area contributed by atoms with Gasteiger partial charge in [0.15, 0.2) is 0 Å². The van der Waals surface area contributed by atoms with E-state index in [4.69, 9.17) is 9.97 Å². The number of aromatic nitrogens is 6. The summed E-state index contributed by atoms with van der Waals surface area (Å²) in [5.41, 5.74) is 5.48. The average molecular weight is 676 g/mol. The first-order chi connectivity index (χ1) is 18.1. The number of imidazole rings is 2. The Morgan fingerprint density at radius 2 is 1.00 bits per heavy atom. The van der Waals surface area contributed by atoms with Crippen molar-refractivity contribution < 1.29 is 21.1 Å². The first kappa shape index (κ1) is 25.5. The van der Waals surface area contributed by atoms with Gasteiger partial charge in [-0.15, -0.1) is 0 Å². The second kappa shape index (κ2) is 10.7. The third-order valence-electron chi connectivity index (χ3n) is 6.57. The second-order valence-corrected chi connectivity index (χ2v) is 9.29. The van der Waals surface area contributed by atoms with E-state index in [1.54, 1.807) is 12.4 Å². The summed E-state index contributed by atoms with van der Waals surface area (Å²) in [6.45, 7) is 4.29. The maximum Gasteiger partial charge on any atom is 2.00 e. The van der Waals surface area contributed by atoms with Gasteiger partial charge in [-0.1, -0.05) is 97.6 Å². The van der Waals surface area contributed by atoms with E-state index in [1.165, 1.54) is 0 Å². The molecular weight excluding hydrogens is 651 g/mol. The number of rotatable bonds is 6. The molecule has 0 aliphatic heterocycles. The van der Waals surface area contributed by atoms with E-state index in [0.717, 1.165) is 45.3 Å². The zero-order valence-electron chi connectivity index (χ0n) is 20.9. The normalized spacial score (nSPS) is 11.2. The summed E-state index contributed by atoms with van der Waals surface area (Å²) in [7, 11) is 0. The zero-order valence-corrected chi connectivity index (χ0v) is 23.2. The van der Waals surface area contributed by atoms with Crippen LogP contribution in [0.3, 0.4) is 0 Å². The molecule has 0 aliphatic rings. The minimum absolute atomic E-state index is 0. The minimum Gasteiger partial charge on any atom is -0.418 e. The molecule has 0 aliphatic carbocycles. The van der Waals surface area contributed by atoms with Gasteiger partial charge in [-0.2, -0.15) is 0 Å². The maximum atomic E-state index is 5.14. The molecule has 0 fully saturated rings. The fourth-order valence-electron chi connectivity index (χ4n) is 4.47. The van der Waals surface area contributed by atoms with Crippen LogP contribution in [0.4, 0.5) is 0 Å². The van der Waals surface area contributed by atoms with Crippen molar-refractivity contribution in [3.05, 3.63) is 134 Å². The molecule has 7 heteroatoms. The van der Waals surface area contributed by atoms with Crippen LogP contribution < -0.4 is 0 Å². The van der Waals surface area contributed by atoms with Gasteiger partial charge in [0.1, 0.15) is 0 Å². The number of hydrogen-bond donors (Lipinski definition) is 0. The van der Waals surface area contributed by atoms with E-state index in [0.29, 0.717) is 0 Å². The number of benzene rings is 2. The first-order valence-electron chi connectivity index (χ1n) is 12.1. The van der Waals surface area contributed by atoms with Crippen molar-refractivity contribution in [2.24, 2.45) is 0 Å². The van der Waals surface area contributed by atoms with E-state index in [2.05, 4.69) is 85.0 Å². The molecule has 0 saturated heterocycles. The molecular formula is C31H24N6Pt. The summed E-state index contributed by atoms with van der Waals surface area (Å²) in [4.78, 5) is 18.5. The predicted molar refractivity (Wildman–Crippen MR) is 143 cm³/mol. The van der Waals surface area contributed by atoms with Crippen LogP contribution in [0.2, 0.25) is 0 Å². The van der Waals surface area contributed by atoms with Crippen LogP contribution in [-0.4, -0.2) is 29.1 Å². The van der Waals surface area contributed by atoms with Crippen LogP contribution >= 0.6 is 0 Å². The molecule has 6 rings (SSSR count). The number of nitrogens with zero attached hydrogens (tertiary/aromatic N) is 6. The van der Waals surface area contributed by atoms with Crippen molar-refractivity contribution in [1.82, 2.24) is 29.1 Å². The van der Waals surface area contributed by atoms with Gasteiger partial charge in [0, 0.05) is 29.5 Å². The van der Waals surface area contributed by atoms with Crippen molar-refractivity contribution in [3.8, 4) is 33.9 Å². The smallest absolute Gasteiger partial charge is 0.418 e. The summed E-state index contributed by atoms with van der Waals surface area (Å²) >= 11 is 0. The Bertz CT molecular complexity index is 1500. The van der Waals surface area contributed by atoms with Crippen LogP contribution in [0, 0.1) is 12.7 Å². The molecule has 4 heterocycles. The van der Waals surface area contributed by atoms with E-state index in [9.17, 15) is 0 Å². The third-order valence-corrected chi connectivity index (χ3v) is 6.57. The summed E-state index contributed by atoms with van der Waals surface area (Å²) < 4.78 is 3.67. The summed E-state index contributed by atoms with van der Waals surface area (Å²) in [6.07, 6.45) is 13.2. The van der Waals surface area contributed by atoms with Crippen molar-refractivity contribution >= 4 is 0 Å². The molecule has 6 aromatic rings. The zero-order chi connectivity index (χ0) is 25.2. The van der Waals surface area contributed by atoms with Gasteiger partial charge in [0.25, 0.3) is 0 Å². The molecule has 38 heavy (non-hydrogen) atoms. The van der Waals surface area contributed by atoms with Gasteiger partial charge in [-0.3, -0.25) is 9.97 Å². The van der Waals surface area contributed by atoms with Crippen LogP contribution in [0.5, 0.6) is 0 Å². The monoisotopic (exact) mass is 675 g/mol. The second-order valence-electron chi connectivity index (χ2n) is 9.29. The summed E-state index contributed by atoms with van der Waals surface area (Å²) in [5.74, 6) is 1.55. The maximum absolute atomic E-state index is 5.14. The Morgan fingerprint density at radius 1 is 0.579 bits per heavy atom. The van der Waals surface area contributed by atoms with Crippen LogP contribution in [0.25, 0.3) is 33.9 Å². The Labute approximate surface area is 236 Å². The average Bonchev–Trinajstić information content (AvgIpc) is 3.69. The fraction of sp³-hybridized carbons (Fsp3) is 0.0968. The molecule has 0 spiro atoms. The quantitative estimate of drug-likeness (QED) is 0.200. The molecule has 4 aromatic heterocycles. The van der Waals surface area contributed by atoms with Crippen LogP contribution in [0.15, 0.2) is 110 Å². The Balaban J connectivity index is 0.00000294. The van der Waals surface area contributed by atoms with E-state index < -0.39 is 5.41 Å². The van der Waals surface area contributed by atoms with Gasteiger partial charge < -0.3 is 19.1 Å². The molecule has 0 amide bonds. The van der Waals surface area contributed by atoms with Gasteiger partial charge in [-0.25, -0.2) is 0 Å². The summed E-state index contributed by atoms with van der Waals surface area (Å²) in [5, 5.41) is 0. The third kappa shape index (κ3) is 4.75. The largest absolute Gasteiger partial charge is 2.00 e. The Kier molecular flexibility index (Phi) is 7.17. The van der Waals surface area contributed by atoms with Gasteiger partial charge in [0.2, 0.25) is 0 Å². The molecule has 188 valence electrons. The Morgan fingerprint density at radius 3 is 1.37 bits per heavy atom. The number of pyridine rings is 2.